The third kappa shape index (κ3) is 7.10. The maximum absolute atomic E-state index is 5.98. The Labute approximate surface area is 131 Å². The molecule has 2 heteroatoms. The second kappa shape index (κ2) is 9.97. The quantitative estimate of drug-likeness (QED) is 0.669. The summed E-state index contributed by atoms with van der Waals surface area (Å²) in [6, 6.07) is 7.08. The highest BCUT2D eigenvalue weighted by Gasteiger charge is 2.12. The average molecular weight is 291 g/mol. The van der Waals surface area contributed by atoms with Crippen molar-refractivity contribution in [1.29, 1.82) is 0 Å². The molecule has 120 valence electrons. The largest absolute Gasteiger partial charge is 0.379 e. The molecule has 0 aliphatic heterocycles. The van der Waals surface area contributed by atoms with Crippen LogP contribution in [0.5, 0.6) is 0 Å². The molecule has 2 unspecified atom stereocenters. The minimum atomic E-state index is 0.303. The van der Waals surface area contributed by atoms with Gasteiger partial charge in [0.25, 0.3) is 0 Å². The summed E-state index contributed by atoms with van der Waals surface area (Å²) < 4.78 is 5.98. The SMILES string of the molecule is CCCNC(COCC(C)CCC)c1cc(C)cc(C)c1. The molecule has 2 atom stereocenters. The van der Waals surface area contributed by atoms with E-state index in [0.717, 1.165) is 26.2 Å². The van der Waals surface area contributed by atoms with Gasteiger partial charge in [0.15, 0.2) is 0 Å². The van der Waals surface area contributed by atoms with Gasteiger partial charge in [-0.3, -0.25) is 0 Å². The first kappa shape index (κ1) is 18.2. The molecule has 0 aromatic heterocycles. The number of ether oxygens (including phenoxy) is 1. The van der Waals surface area contributed by atoms with E-state index < -0.39 is 0 Å². The lowest BCUT2D eigenvalue weighted by Gasteiger charge is -2.21. The Hall–Kier alpha value is -0.860. The zero-order valence-electron chi connectivity index (χ0n) is 14.5. The highest BCUT2D eigenvalue weighted by Crippen LogP contribution is 2.18. The number of aryl methyl sites for hydroxylation is 2. The molecule has 0 aliphatic carbocycles. The van der Waals surface area contributed by atoms with E-state index in [2.05, 4.69) is 58.1 Å². The minimum Gasteiger partial charge on any atom is -0.379 e. The first-order valence-electron chi connectivity index (χ1n) is 8.46. The summed E-state index contributed by atoms with van der Waals surface area (Å²) in [6.07, 6.45) is 3.63. The van der Waals surface area contributed by atoms with Gasteiger partial charge in [-0.25, -0.2) is 0 Å². The van der Waals surface area contributed by atoms with Crippen LogP contribution in [0.4, 0.5) is 0 Å². The summed E-state index contributed by atoms with van der Waals surface area (Å²) in [5.41, 5.74) is 4.00. The lowest BCUT2D eigenvalue weighted by Crippen LogP contribution is -2.27. The fraction of sp³-hybridized carbons (Fsp3) is 0.684. The predicted octanol–water partition coefficient (Wildman–Crippen LogP) is 4.80. The van der Waals surface area contributed by atoms with Gasteiger partial charge in [0.05, 0.1) is 12.6 Å². The van der Waals surface area contributed by atoms with Crippen LogP contribution in [0.25, 0.3) is 0 Å². The molecule has 0 saturated heterocycles. The summed E-state index contributed by atoms with van der Waals surface area (Å²) >= 11 is 0. The maximum Gasteiger partial charge on any atom is 0.0661 e. The van der Waals surface area contributed by atoms with Gasteiger partial charge < -0.3 is 10.1 Å². The van der Waals surface area contributed by atoms with E-state index in [-0.39, 0.29) is 0 Å². The highest BCUT2D eigenvalue weighted by atomic mass is 16.5. The molecule has 0 aliphatic rings. The molecular weight excluding hydrogens is 258 g/mol. The first-order chi connectivity index (χ1) is 10.1. The Morgan fingerprint density at radius 2 is 1.67 bits per heavy atom. The lowest BCUT2D eigenvalue weighted by molar-refractivity contribution is 0.0832. The van der Waals surface area contributed by atoms with Gasteiger partial charge in [-0.15, -0.1) is 0 Å². The molecule has 0 heterocycles. The van der Waals surface area contributed by atoms with E-state index in [4.69, 9.17) is 4.74 Å². The van der Waals surface area contributed by atoms with Gasteiger partial charge in [-0.2, -0.15) is 0 Å². The van der Waals surface area contributed by atoms with Crippen molar-refractivity contribution in [3.05, 3.63) is 34.9 Å². The number of nitrogens with one attached hydrogen (secondary N) is 1. The van der Waals surface area contributed by atoms with Crippen molar-refractivity contribution in [3.8, 4) is 0 Å². The second-order valence-electron chi connectivity index (χ2n) is 6.36. The Morgan fingerprint density at radius 1 is 1.00 bits per heavy atom. The average Bonchev–Trinajstić information content (AvgIpc) is 2.41. The van der Waals surface area contributed by atoms with Crippen LogP contribution in [0.1, 0.15) is 62.8 Å². The molecule has 1 aromatic rings. The van der Waals surface area contributed by atoms with E-state index in [1.54, 1.807) is 0 Å². The van der Waals surface area contributed by atoms with Gasteiger partial charge in [0.1, 0.15) is 0 Å². The zero-order chi connectivity index (χ0) is 15.7. The second-order valence-corrected chi connectivity index (χ2v) is 6.36. The number of rotatable bonds is 10. The van der Waals surface area contributed by atoms with E-state index >= 15 is 0 Å². The van der Waals surface area contributed by atoms with E-state index in [1.165, 1.54) is 29.5 Å². The molecule has 1 aromatic carbocycles. The predicted molar refractivity (Wildman–Crippen MR) is 91.8 cm³/mol. The third-order valence-electron chi connectivity index (χ3n) is 3.76. The van der Waals surface area contributed by atoms with Gasteiger partial charge in [-0.1, -0.05) is 56.5 Å². The van der Waals surface area contributed by atoms with Gasteiger partial charge >= 0.3 is 0 Å². The van der Waals surface area contributed by atoms with Crippen LogP contribution in [0.2, 0.25) is 0 Å². The molecule has 21 heavy (non-hydrogen) atoms. The highest BCUT2D eigenvalue weighted by molar-refractivity contribution is 5.30. The Balaban J connectivity index is 2.62. The van der Waals surface area contributed by atoms with Gasteiger partial charge in [0, 0.05) is 6.61 Å². The van der Waals surface area contributed by atoms with Gasteiger partial charge in [0.2, 0.25) is 0 Å². The van der Waals surface area contributed by atoms with Crippen LogP contribution in [0, 0.1) is 19.8 Å². The van der Waals surface area contributed by atoms with Crippen molar-refractivity contribution in [1.82, 2.24) is 5.32 Å². The molecular formula is C19H33NO. The normalized spacial score (nSPS) is 14.1. The topological polar surface area (TPSA) is 21.3 Å². The number of hydrogen-bond donors (Lipinski definition) is 1. The first-order valence-corrected chi connectivity index (χ1v) is 8.46. The lowest BCUT2D eigenvalue weighted by atomic mass is 10.0. The van der Waals surface area contributed by atoms with Crippen LogP contribution in [-0.4, -0.2) is 19.8 Å². The molecule has 1 N–H and O–H groups in total. The molecule has 2 nitrogen and oxygen atoms in total. The monoisotopic (exact) mass is 291 g/mol. The Kier molecular flexibility index (Phi) is 8.63. The van der Waals surface area contributed by atoms with Crippen molar-refractivity contribution < 1.29 is 4.74 Å². The maximum atomic E-state index is 5.98. The van der Waals surface area contributed by atoms with Crippen LogP contribution in [0.3, 0.4) is 0 Å². The fourth-order valence-corrected chi connectivity index (χ4v) is 2.77. The van der Waals surface area contributed by atoms with E-state index in [1.807, 2.05) is 0 Å². The van der Waals surface area contributed by atoms with Crippen LogP contribution >= 0.6 is 0 Å². The van der Waals surface area contributed by atoms with Crippen LogP contribution < -0.4 is 5.32 Å². The standard InChI is InChI=1S/C19H33NO/c1-6-8-15(3)13-21-14-19(20-9-7-2)18-11-16(4)10-17(5)12-18/h10-12,15,19-20H,6-9,13-14H2,1-5H3. The number of benzene rings is 1. The molecule has 0 saturated carbocycles. The molecule has 0 fully saturated rings. The van der Waals surface area contributed by atoms with Crippen molar-refractivity contribution in [2.24, 2.45) is 5.92 Å². The molecule has 0 spiro atoms. The Bertz CT molecular complexity index is 382. The Morgan fingerprint density at radius 3 is 2.24 bits per heavy atom. The molecule has 0 amide bonds. The molecule has 1 rings (SSSR count). The fourth-order valence-electron chi connectivity index (χ4n) is 2.77. The number of hydrogen-bond acceptors (Lipinski definition) is 2. The minimum absolute atomic E-state index is 0.303. The zero-order valence-corrected chi connectivity index (χ0v) is 14.5. The summed E-state index contributed by atoms with van der Waals surface area (Å²) in [7, 11) is 0. The smallest absolute Gasteiger partial charge is 0.0661 e. The molecule has 0 radical (unpaired) electrons. The van der Waals surface area contributed by atoms with Crippen LogP contribution in [0.15, 0.2) is 18.2 Å². The summed E-state index contributed by atoms with van der Waals surface area (Å²) in [4.78, 5) is 0. The van der Waals surface area contributed by atoms with Crippen LogP contribution in [-0.2, 0) is 4.74 Å². The van der Waals surface area contributed by atoms with Crippen molar-refractivity contribution in [3.63, 3.8) is 0 Å². The summed E-state index contributed by atoms with van der Waals surface area (Å²) in [5, 5.41) is 3.62. The summed E-state index contributed by atoms with van der Waals surface area (Å²) in [6.45, 7) is 13.7. The van der Waals surface area contributed by atoms with Gasteiger partial charge in [-0.05, 0) is 44.7 Å². The summed E-state index contributed by atoms with van der Waals surface area (Å²) in [5.74, 6) is 0.654. The molecule has 0 bridgehead atoms. The van der Waals surface area contributed by atoms with Crippen molar-refractivity contribution in [2.45, 2.75) is 59.9 Å². The van der Waals surface area contributed by atoms with Crippen molar-refractivity contribution >= 4 is 0 Å². The van der Waals surface area contributed by atoms with E-state index in [9.17, 15) is 0 Å². The van der Waals surface area contributed by atoms with E-state index in [0.29, 0.717) is 12.0 Å². The third-order valence-corrected chi connectivity index (χ3v) is 3.76. The van der Waals surface area contributed by atoms with Crippen molar-refractivity contribution in [2.75, 3.05) is 19.8 Å².